The van der Waals surface area contributed by atoms with Crippen LogP contribution in [0.15, 0.2) is 58.1 Å². The van der Waals surface area contributed by atoms with Crippen molar-refractivity contribution in [2.45, 2.75) is 66.2 Å². The van der Waals surface area contributed by atoms with Gasteiger partial charge in [-0.05, 0) is 35.9 Å². The average molecular weight is 618 g/mol. The van der Waals surface area contributed by atoms with E-state index < -0.39 is 10.8 Å². The maximum atomic E-state index is 5.17. The van der Waals surface area contributed by atoms with Crippen molar-refractivity contribution in [2.75, 3.05) is 0 Å². The van der Waals surface area contributed by atoms with Crippen LogP contribution >= 0.6 is 0 Å². The molecule has 0 spiro atoms. The molecule has 0 amide bonds. The van der Waals surface area contributed by atoms with E-state index in [1.54, 1.807) is 0 Å². The molecule has 0 N–H and O–H groups in total. The minimum atomic E-state index is -0.391. The van der Waals surface area contributed by atoms with Crippen molar-refractivity contribution < 1.29 is 21.1 Å². The Balaban J connectivity index is 0.00000259. The van der Waals surface area contributed by atoms with Crippen molar-refractivity contribution in [3.63, 3.8) is 0 Å². The first kappa shape index (κ1) is 23.9. The first-order valence-corrected chi connectivity index (χ1v) is 11.3. The fourth-order valence-corrected chi connectivity index (χ4v) is 5.52. The minimum absolute atomic E-state index is 0. The van der Waals surface area contributed by atoms with Gasteiger partial charge in [0.25, 0.3) is 0 Å². The van der Waals surface area contributed by atoms with Crippen LogP contribution in [0.1, 0.15) is 66.8 Å². The fraction of sp³-hybridized carbons (Fsp3) is 0.429. The largest absolute Gasteiger partial charge is 2.00 e. The van der Waals surface area contributed by atoms with Gasteiger partial charge in [0.1, 0.15) is 0 Å². The third-order valence-electron chi connectivity index (χ3n) is 7.00. The molecule has 0 aliphatic carbocycles. The molecule has 0 radical (unpaired) electrons. The second kappa shape index (κ2) is 7.40. The Morgan fingerprint density at radius 1 is 0.606 bits per heavy atom. The topological polar surface area (TPSA) is 50.5 Å². The van der Waals surface area contributed by atoms with Crippen molar-refractivity contribution in [2.24, 2.45) is 20.8 Å². The molecule has 0 fully saturated rings. The predicted octanol–water partition coefficient (Wildman–Crippen LogP) is 6.04. The summed E-state index contributed by atoms with van der Waals surface area (Å²) in [5, 5.41) is 0. The van der Waals surface area contributed by atoms with E-state index in [0.29, 0.717) is 0 Å². The van der Waals surface area contributed by atoms with Crippen molar-refractivity contribution in [1.29, 1.82) is 0 Å². The van der Waals surface area contributed by atoms with Crippen molar-refractivity contribution >= 4 is 11.4 Å². The fourth-order valence-electron chi connectivity index (χ4n) is 5.52. The summed E-state index contributed by atoms with van der Waals surface area (Å²) in [6, 6.07) is 11.2. The molecule has 4 nitrogen and oxygen atoms in total. The van der Waals surface area contributed by atoms with E-state index in [-0.39, 0.29) is 31.9 Å². The average Bonchev–Trinajstić information content (AvgIpc) is 3.23. The molecule has 3 aliphatic heterocycles. The number of aliphatic imine (C=N–C) groups is 2. The van der Waals surface area contributed by atoms with Gasteiger partial charge in [-0.15, -0.1) is 0 Å². The van der Waals surface area contributed by atoms with Crippen LogP contribution in [-0.4, -0.2) is 21.4 Å². The molecule has 2 aromatic heterocycles. The summed E-state index contributed by atoms with van der Waals surface area (Å²) < 4.78 is 0. The zero-order valence-corrected chi connectivity index (χ0v) is 22.8. The third kappa shape index (κ3) is 3.62. The summed E-state index contributed by atoms with van der Waals surface area (Å²) in [5.41, 5.74) is 6.53. The summed E-state index contributed by atoms with van der Waals surface area (Å²) in [6.45, 7) is 17.6. The molecule has 5 rings (SSSR count). The summed E-state index contributed by atoms with van der Waals surface area (Å²) in [4.78, 5) is 19.8. The maximum Gasteiger partial charge on any atom is 2.00 e. The zero-order valence-electron chi connectivity index (χ0n) is 20.6. The predicted molar refractivity (Wildman–Crippen MR) is 130 cm³/mol. The van der Waals surface area contributed by atoms with Crippen molar-refractivity contribution in [3.8, 4) is 11.1 Å². The van der Waals surface area contributed by atoms with Crippen LogP contribution in [-0.2, 0) is 31.9 Å². The maximum absolute atomic E-state index is 5.17. The third-order valence-corrected chi connectivity index (χ3v) is 7.00. The van der Waals surface area contributed by atoms with E-state index in [1.165, 1.54) is 0 Å². The second-order valence-electron chi connectivity index (χ2n) is 11.3. The van der Waals surface area contributed by atoms with Gasteiger partial charge in [0.2, 0.25) is 0 Å². The van der Waals surface area contributed by atoms with Crippen molar-refractivity contribution in [1.82, 2.24) is 9.97 Å². The molecular weight excluding hydrogens is 587 g/mol. The first-order chi connectivity index (χ1) is 14.8. The second-order valence-corrected chi connectivity index (χ2v) is 11.3. The first-order valence-electron chi connectivity index (χ1n) is 11.3. The Labute approximate surface area is 211 Å². The van der Waals surface area contributed by atoms with Gasteiger partial charge >= 0.3 is 21.1 Å². The summed E-state index contributed by atoms with van der Waals surface area (Å²) in [6.07, 6.45) is 8.23. The Morgan fingerprint density at radius 2 is 0.970 bits per heavy atom. The van der Waals surface area contributed by atoms with E-state index >= 15 is 0 Å². The molecule has 8 bridgehead atoms. The quantitative estimate of drug-likeness (QED) is 0.339. The monoisotopic (exact) mass is 617 g/mol. The van der Waals surface area contributed by atoms with Crippen LogP contribution in [0.5, 0.6) is 0 Å². The molecule has 0 saturated heterocycles. The number of rotatable bonds is 0. The van der Waals surface area contributed by atoms with Crippen LogP contribution < -0.4 is 0 Å². The molecule has 0 unspecified atom stereocenters. The van der Waals surface area contributed by atoms with Gasteiger partial charge in [0.05, 0.1) is 11.4 Å². The molecule has 33 heavy (non-hydrogen) atoms. The summed E-state index contributed by atoms with van der Waals surface area (Å²) >= 11 is 0. The smallest absolute Gasteiger partial charge is 0.294 e. The number of hydrogen-bond acceptors (Lipinski definition) is 4. The Kier molecular flexibility index (Phi) is 5.37. The number of nitrogens with zero attached hydrogens (tertiary/aromatic N) is 4. The summed E-state index contributed by atoms with van der Waals surface area (Å²) in [5.74, 6) is 0. The molecule has 0 saturated carbocycles. The Morgan fingerprint density at radius 3 is 1.33 bits per heavy atom. The number of fused-ring (bicyclic) bond motifs is 8. The van der Waals surface area contributed by atoms with Gasteiger partial charge in [-0.1, -0.05) is 55.4 Å². The van der Waals surface area contributed by atoms with Gasteiger partial charge in [-0.25, -0.2) is 24.3 Å². The van der Waals surface area contributed by atoms with Crippen molar-refractivity contribution in [3.05, 3.63) is 71.6 Å². The minimum Gasteiger partial charge on any atom is -0.294 e. The van der Waals surface area contributed by atoms with E-state index in [9.17, 15) is 0 Å². The van der Waals surface area contributed by atoms with E-state index in [1.807, 2.05) is 24.5 Å². The molecule has 5 heteroatoms. The molecule has 0 aromatic carbocycles. The number of aromatic nitrogens is 2. The summed E-state index contributed by atoms with van der Waals surface area (Å²) in [7, 11) is 0. The van der Waals surface area contributed by atoms with E-state index in [2.05, 4.69) is 79.7 Å². The van der Waals surface area contributed by atoms with Crippen LogP contribution in [0.4, 0.5) is 0 Å². The molecule has 2 aromatic rings. The zero-order chi connectivity index (χ0) is 23.1. The van der Waals surface area contributed by atoms with Crippen LogP contribution in [0, 0.1) is 23.0 Å². The van der Waals surface area contributed by atoms with Gasteiger partial charge in [-0.3, -0.25) is 31.1 Å². The molecule has 172 valence electrons. The van der Waals surface area contributed by atoms with Gasteiger partial charge in [-0.2, -0.15) is 0 Å². The molecule has 5 heterocycles. The standard InChI is InChI=1S/C28H30N4.Pt/c1-25(2)15-19-20-16-26(3,4)24(32-20)28(7,8)22-14-18(10-12-30-22)17-9-11-29-21(13-17)27(5,6)23(25)31-19;/h9-12,15-16H,1-8H3;/q-2;+2. The normalized spacial score (nSPS) is 22.8. The SMILES string of the molecule is CC1(C)C=C2N=C1C(C)(C)c1[c-]c(ccn1)-c1[c-]c(ncc1)C(C)(C)C1=NC2=CC1(C)C.[Pt+2]. The van der Waals surface area contributed by atoms with E-state index in [4.69, 9.17) is 20.0 Å². The molecular formula is C28H30N4Pt. The van der Waals surface area contributed by atoms with Crippen LogP contribution in [0.2, 0.25) is 0 Å². The Bertz CT molecular complexity index is 1170. The molecule has 0 atom stereocenters. The van der Waals surface area contributed by atoms with Crippen LogP contribution in [0.3, 0.4) is 0 Å². The van der Waals surface area contributed by atoms with E-state index in [0.717, 1.165) is 45.3 Å². The van der Waals surface area contributed by atoms with Gasteiger partial charge < -0.3 is 0 Å². The Hall–Kier alpha value is -2.19. The van der Waals surface area contributed by atoms with Gasteiger partial charge in [0, 0.05) is 33.1 Å². The van der Waals surface area contributed by atoms with Crippen LogP contribution in [0.25, 0.3) is 11.1 Å². The number of hydrogen-bond donors (Lipinski definition) is 0. The number of allylic oxidation sites excluding steroid dienone is 2. The number of pyridine rings is 2. The molecule has 3 aliphatic rings. The van der Waals surface area contributed by atoms with Gasteiger partial charge in [0.15, 0.2) is 0 Å².